The van der Waals surface area contributed by atoms with E-state index >= 15 is 0 Å². The summed E-state index contributed by atoms with van der Waals surface area (Å²) in [6.45, 7) is 0. The van der Waals surface area contributed by atoms with E-state index in [1.54, 1.807) is 0 Å². The fourth-order valence-corrected chi connectivity index (χ4v) is 1.69. The van der Waals surface area contributed by atoms with Gasteiger partial charge in [0.25, 0.3) is 0 Å². The van der Waals surface area contributed by atoms with Crippen LogP contribution in [0.15, 0.2) is 27.6 Å². The number of carbonyl (C=O) groups excluding carboxylic acids is 1. The first-order valence-corrected chi connectivity index (χ1v) is 5.46. The molecular weight excluding hydrogens is 272 g/mol. The van der Waals surface area contributed by atoms with Crippen LogP contribution in [0.2, 0.25) is 0 Å². The van der Waals surface area contributed by atoms with Crippen molar-refractivity contribution in [2.45, 2.75) is 11.3 Å². The number of hydrogen-bond donors (Lipinski definition) is 1. The minimum Gasteiger partial charge on any atom is -0.298 e. The molecule has 0 saturated heterocycles. The van der Waals surface area contributed by atoms with Crippen LogP contribution in [0.25, 0.3) is 0 Å². The Labute approximate surface area is 96.0 Å². The van der Waals surface area contributed by atoms with E-state index in [-0.39, 0.29) is 11.7 Å². The van der Waals surface area contributed by atoms with Gasteiger partial charge in [0.1, 0.15) is 0 Å². The summed E-state index contributed by atoms with van der Waals surface area (Å²) in [7, 11) is 0. The third-order valence-corrected chi connectivity index (χ3v) is 3.40. The van der Waals surface area contributed by atoms with E-state index in [4.69, 9.17) is 11.6 Å². The molecule has 13 heavy (non-hydrogen) atoms. The molecular formula is C9H8BrClOS. The van der Waals surface area contributed by atoms with Crippen molar-refractivity contribution in [3.05, 3.63) is 28.2 Å². The SMILES string of the molecule is O=C(CCl)Cc1cccc(Br)c1S. The zero-order valence-electron chi connectivity index (χ0n) is 6.76. The van der Waals surface area contributed by atoms with E-state index in [0.717, 1.165) is 14.9 Å². The van der Waals surface area contributed by atoms with Crippen molar-refractivity contribution < 1.29 is 4.79 Å². The normalized spacial score (nSPS) is 10.1. The smallest absolute Gasteiger partial charge is 0.151 e. The molecule has 0 aliphatic carbocycles. The molecule has 0 spiro atoms. The summed E-state index contributed by atoms with van der Waals surface area (Å²) < 4.78 is 0.899. The standard InChI is InChI=1S/C9H8BrClOS/c10-8-3-1-2-6(9(8)13)4-7(12)5-11/h1-3,13H,4-5H2. The van der Waals surface area contributed by atoms with E-state index in [2.05, 4.69) is 28.6 Å². The van der Waals surface area contributed by atoms with Crippen LogP contribution in [0, 0.1) is 0 Å². The highest BCUT2D eigenvalue weighted by Gasteiger charge is 2.06. The maximum Gasteiger partial charge on any atom is 0.151 e. The predicted octanol–water partition coefficient (Wildman–Crippen LogP) is 3.09. The van der Waals surface area contributed by atoms with Crippen molar-refractivity contribution in [3.8, 4) is 0 Å². The van der Waals surface area contributed by atoms with Crippen LogP contribution < -0.4 is 0 Å². The third kappa shape index (κ3) is 3.01. The molecule has 0 saturated carbocycles. The second-order valence-electron chi connectivity index (χ2n) is 2.60. The first-order valence-electron chi connectivity index (χ1n) is 3.69. The zero-order chi connectivity index (χ0) is 9.84. The van der Waals surface area contributed by atoms with Gasteiger partial charge in [-0.3, -0.25) is 4.79 Å². The molecule has 1 nitrogen and oxygen atoms in total. The first-order chi connectivity index (χ1) is 6.15. The fraction of sp³-hybridized carbons (Fsp3) is 0.222. The number of Topliss-reactive ketones (excluding diaryl/α,β-unsaturated/α-hetero) is 1. The molecule has 1 aromatic rings. The Morgan fingerprint density at radius 3 is 2.85 bits per heavy atom. The van der Waals surface area contributed by atoms with Gasteiger partial charge < -0.3 is 0 Å². The van der Waals surface area contributed by atoms with E-state index in [0.29, 0.717) is 6.42 Å². The highest BCUT2D eigenvalue weighted by atomic mass is 79.9. The largest absolute Gasteiger partial charge is 0.298 e. The average Bonchev–Trinajstić information content (AvgIpc) is 2.13. The van der Waals surface area contributed by atoms with Gasteiger partial charge in [-0.25, -0.2) is 0 Å². The van der Waals surface area contributed by atoms with Gasteiger partial charge in [-0.2, -0.15) is 0 Å². The molecule has 0 aliphatic rings. The highest BCUT2D eigenvalue weighted by Crippen LogP contribution is 2.24. The molecule has 0 aliphatic heterocycles. The summed E-state index contributed by atoms with van der Waals surface area (Å²) in [4.78, 5) is 11.9. The Kier molecular flexibility index (Phi) is 4.29. The van der Waals surface area contributed by atoms with Gasteiger partial charge >= 0.3 is 0 Å². The molecule has 0 fully saturated rings. The van der Waals surface area contributed by atoms with Crippen LogP contribution in [0.1, 0.15) is 5.56 Å². The Hall–Kier alpha value is 0.01000. The summed E-state index contributed by atoms with van der Waals surface area (Å²) in [5.74, 6) is 0.0646. The van der Waals surface area contributed by atoms with E-state index in [1.807, 2.05) is 18.2 Å². The van der Waals surface area contributed by atoms with Crippen molar-refractivity contribution in [1.29, 1.82) is 0 Å². The lowest BCUT2D eigenvalue weighted by Crippen LogP contribution is -2.04. The lowest BCUT2D eigenvalue weighted by Gasteiger charge is -2.04. The van der Waals surface area contributed by atoms with Crippen LogP contribution in [0.3, 0.4) is 0 Å². The van der Waals surface area contributed by atoms with E-state index in [9.17, 15) is 4.79 Å². The molecule has 0 bridgehead atoms. The first kappa shape index (κ1) is 11.1. The van der Waals surface area contributed by atoms with Crippen LogP contribution in [-0.2, 0) is 11.2 Å². The molecule has 0 radical (unpaired) electrons. The van der Waals surface area contributed by atoms with Crippen molar-refractivity contribution in [2.75, 3.05) is 5.88 Å². The molecule has 1 rings (SSSR count). The van der Waals surface area contributed by atoms with Crippen LogP contribution in [-0.4, -0.2) is 11.7 Å². The number of benzene rings is 1. The summed E-state index contributed by atoms with van der Waals surface area (Å²) in [6.07, 6.45) is 0.349. The number of halogens is 2. The molecule has 0 amide bonds. The zero-order valence-corrected chi connectivity index (χ0v) is 9.99. The molecule has 70 valence electrons. The number of rotatable bonds is 3. The Morgan fingerprint density at radius 2 is 2.23 bits per heavy atom. The predicted molar refractivity (Wildman–Crippen MR) is 60.8 cm³/mol. The van der Waals surface area contributed by atoms with Crippen molar-refractivity contribution >= 4 is 45.9 Å². The maximum absolute atomic E-state index is 11.1. The third-order valence-electron chi connectivity index (χ3n) is 1.61. The number of alkyl halides is 1. The van der Waals surface area contributed by atoms with Crippen LogP contribution in [0.4, 0.5) is 0 Å². The fourth-order valence-electron chi connectivity index (χ4n) is 0.962. The second-order valence-corrected chi connectivity index (χ2v) is 4.17. The number of carbonyl (C=O) groups is 1. The van der Waals surface area contributed by atoms with E-state index in [1.165, 1.54) is 0 Å². The Bertz CT molecular complexity index is 327. The van der Waals surface area contributed by atoms with Crippen molar-refractivity contribution in [1.82, 2.24) is 0 Å². The maximum atomic E-state index is 11.1. The van der Waals surface area contributed by atoms with Crippen molar-refractivity contribution in [2.24, 2.45) is 0 Å². The molecule has 4 heteroatoms. The summed E-state index contributed by atoms with van der Waals surface area (Å²) in [6, 6.07) is 5.63. The van der Waals surface area contributed by atoms with Gasteiger partial charge in [0, 0.05) is 15.8 Å². The number of hydrogen-bond acceptors (Lipinski definition) is 2. The average molecular weight is 280 g/mol. The lowest BCUT2D eigenvalue weighted by atomic mass is 10.1. The minimum atomic E-state index is 0.00932. The second kappa shape index (κ2) is 5.03. The van der Waals surface area contributed by atoms with E-state index < -0.39 is 0 Å². The summed E-state index contributed by atoms with van der Waals surface area (Å²) in [5.41, 5.74) is 0.906. The molecule has 1 aromatic carbocycles. The van der Waals surface area contributed by atoms with Gasteiger partial charge in [0.15, 0.2) is 5.78 Å². The van der Waals surface area contributed by atoms with Crippen molar-refractivity contribution in [3.63, 3.8) is 0 Å². The van der Waals surface area contributed by atoms with Crippen LogP contribution >= 0.6 is 40.2 Å². The molecule has 0 atom stereocenters. The quantitative estimate of drug-likeness (QED) is 0.665. The minimum absolute atomic E-state index is 0.00932. The van der Waals surface area contributed by atoms with Gasteiger partial charge in [0.05, 0.1) is 5.88 Å². The highest BCUT2D eigenvalue weighted by molar-refractivity contribution is 9.10. The molecule has 0 N–H and O–H groups in total. The Morgan fingerprint density at radius 1 is 1.54 bits per heavy atom. The molecule has 0 heterocycles. The summed E-state index contributed by atoms with van der Waals surface area (Å²) in [5, 5.41) is 0. The van der Waals surface area contributed by atoms with Gasteiger partial charge in [-0.05, 0) is 27.6 Å². The number of thiol groups is 1. The topological polar surface area (TPSA) is 17.1 Å². The monoisotopic (exact) mass is 278 g/mol. The molecule has 0 unspecified atom stereocenters. The number of ketones is 1. The Balaban J connectivity index is 2.89. The lowest BCUT2D eigenvalue weighted by molar-refractivity contribution is -0.116. The van der Waals surface area contributed by atoms with Gasteiger partial charge in [0.2, 0.25) is 0 Å². The molecule has 0 aromatic heterocycles. The summed E-state index contributed by atoms with van der Waals surface area (Å²) >= 11 is 13.0. The van der Waals surface area contributed by atoms with Gasteiger partial charge in [-0.1, -0.05) is 12.1 Å². The van der Waals surface area contributed by atoms with Gasteiger partial charge in [-0.15, -0.1) is 24.2 Å². The van der Waals surface area contributed by atoms with Crippen LogP contribution in [0.5, 0.6) is 0 Å².